The van der Waals surface area contributed by atoms with E-state index in [0.717, 1.165) is 35.6 Å². The van der Waals surface area contributed by atoms with Crippen molar-refractivity contribution in [3.8, 4) is 0 Å². The van der Waals surface area contributed by atoms with Gasteiger partial charge in [-0.1, -0.05) is 26.0 Å². The second kappa shape index (κ2) is 4.17. The lowest BCUT2D eigenvalue weighted by Crippen LogP contribution is -2.70. The summed E-state index contributed by atoms with van der Waals surface area (Å²) in [5, 5.41) is 0. The zero-order chi connectivity index (χ0) is 13.6. The number of nitrogens with zero attached hydrogens (tertiary/aromatic N) is 3. The second-order valence-corrected chi connectivity index (χ2v) is 5.87. The van der Waals surface area contributed by atoms with Crippen LogP contribution in [0.3, 0.4) is 0 Å². The number of nitrogens with two attached hydrogens (primary N) is 1. The van der Waals surface area contributed by atoms with Crippen molar-refractivity contribution in [2.45, 2.75) is 26.3 Å². The molecule has 1 aromatic heterocycles. The van der Waals surface area contributed by atoms with E-state index in [1.807, 2.05) is 31.2 Å². The van der Waals surface area contributed by atoms with Crippen LogP contribution in [0.25, 0.3) is 11.0 Å². The molecule has 1 aromatic carbocycles. The molecule has 0 saturated carbocycles. The largest absolute Gasteiger partial charge is 0.351 e. The molecule has 19 heavy (non-hydrogen) atoms. The van der Waals surface area contributed by atoms with Gasteiger partial charge in [-0.15, -0.1) is 0 Å². The predicted octanol–water partition coefficient (Wildman–Crippen LogP) is 2.11. The highest BCUT2D eigenvalue weighted by Crippen LogP contribution is 2.31. The van der Waals surface area contributed by atoms with Crippen molar-refractivity contribution in [3.63, 3.8) is 0 Å². The van der Waals surface area contributed by atoms with Gasteiger partial charge in [-0.05, 0) is 25.0 Å². The highest BCUT2D eigenvalue weighted by Gasteiger charge is 2.43. The number of benzene rings is 1. The maximum Gasteiger partial charge on any atom is 0.150 e. The molecular weight excluding hydrogens is 236 g/mol. The van der Waals surface area contributed by atoms with Crippen molar-refractivity contribution in [2.24, 2.45) is 11.7 Å². The summed E-state index contributed by atoms with van der Waals surface area (Å²) in [6.07, 6.45) is 0. The lowest BCUT2D eigenvalue weighted by atomic mass is 9.80. The van der Waals surface area contributed by atoms with Gasteiger partial charge in [-0.3, -0.25) is 0 Å². The fourth-order valence-electron chi connectivity index (χ4n) is 2.56. The number of aromatic nitrogens is 2. The Bertz CT molecular complexity index is 615. The molecular formula is C15H20N4. The smallest absolute Gasteiger partial charge is 0.150 e. The highest BCUT2D eigenvalue weighted by atomic mass is 15.3. The molecule has 1 fully saturated rings. The number of anilines is 1. The van der Waals surface area contributed by atoms with E-state index in [2.05, 4.69) is 23.7 Å². The minimum atomic E-state index is -0.0836. The zero-order valence-electron chi connectivity index (χ0n) is 11.7. The van der Waals surface area contributed by atoms with E-state index in [0.29, 0.717) is 5.92 Å². The average molecular weight is 256 g/mol. The molecule has 1 aliphatic rings. The van der Waals surface area contributed by atoms with E-state index in [1.54, 1.807) is 0 Å². The zero-order valence-corrected chi connectivity index (χ0v) is 11.7. The molecule has 0 bridgehead atoms. The number of para-hydroxylation sites is 2. The van der Waals surface area contributed by atoms with Gasteiger partial charge in [-0.25, -0.2) is 9.97 Å². The molecule has 100 valence electrons. The van der Waals surface area contributed by atoms with Gasteiger partial charge < -0.3 is 10.6 Å². The molecule has 0 radical (unpaired) electrons. The van der Waals surface area contributed by atoms with Crippen LogP contribution < -0.4 is 10.6 Å². The SMILES string of the molecule is Cc1nc2ccccc2nc1N1CC(N)(C(C)C)C1. The minimum absolute atomic E-state index is 0.0836. The third kappa shape index (κ3) is 1.96. The topological polar surface area (TPSA) is 55.0 Å². The fourth-order valence-corrected chi connectivity index (χ4v) is 2.56. The summed E-state index contributed by atoms with van der Waals surface area (Å²) in [6, 6.07) is 7.98. The Balaban J connectivity index is 1.93. The van der Waals surface area contributed by atoms with Crippen LogP contribution in [-0.4, -0.2) is 28.6 Å². The second-order valence-electron chi connectivity index (χ2n) is 5.87. The highest BCUT2D eigenvalue weighted by molar-refractivity contribution is 5.76. The van der Waals surface area contributed by atoms with Crippen molar-refractivity contribution in [1.82, 2.24) is 9.97 Å². The first-order chi connectivity index (χ1) is 8.99. The first-order valence-corrected chi connectivity index (χ1v) is 6.77. The Labute approximate surface area is 113 Å². The molecule has 0 amide bonds. The maximum absolute atomic E-state index is 6.35. The van der Waals surface area contributed by atoms with Gasteiger partial charge in [0, 0.05) is 13.1 Å². The molecule has 0 atom stereocenters. The monoisotopic (exact) mass is 256 g/mol. The molecule has 2 heterocycles. The van der Waals surface area contributed by atoms with E-state index in [4.69, 9.17) is 10.7 Å². The van der Waals surface area contributed by atoms with E-state index in [1.165, 1.54) is 0 Å². The van der Waals surface area contributed by atoms with Crippen LogP contribution in [0.5, 0.6) is 0 Å². The molecule has 1 saturated heterocycles. The fraction of sp³-hybridized carbons (Fsp3) is 0.467. The lowest BCUT2D eigenvalue weighted by molar-refractivity contribution is 0.243. The third-order valence-electron chi connectivity index (χ3n) is 4.14. The summed E-state index contributed by atoms with van der Waals surface area (Å²) in [4.78, 5) is 11.6. The van der Waals surface area contributed by atoms with Crippen molar-refractivity contribution in [3.05, 3.63) is 30.0 Å². The van der Waals surface area contributed by atoms with Crippen molar-refractivity contribution in [1.29, 1.82) is 0 Å². The summed E-state index contributed by atoms with van der Waals surface area (Å²) in [5.74, 6) is 1.46. The third-order valence-corrected chi connectivity index (χ3v) is 4.14. The van der Waals surface area contributed by atoms with Crippen LogP contribution >= 0.6 is 0 Å². The van der Waals surface area contributed by atoms with E-state index in [9.17, 15) is 0 Å². The maximum atomic E-state index is 6.35. The molecule has 1 aliphatic heterocycles. The van der Waals surface area contributed by atoms with Gasteiger partial charge in [0.05, 0.1) is 22.3 Å². The Morgan fingerprint density at radius 1 is 1.16 bits per heavy atom. The molecule has 3 rings (SSSR count). The number of fused-ring (bicyclic) bond motifs is 1. The molecule has 0 unspecified atom stereocenters. The summed E-state index contributed by atoms with van der Waals surface area (Å²) < 4.78 is 0. The number of aryl methyl sites for hydroxylation is 1. The van der Waals surface area contributed by atoms with E-state index < -0.39 is 0 Å². The first-order valence-electron chi connectivity index (χ1n) is 6.77. The predicted molar refractivity (Wildman–Crippen MR) is 78.2 cm³/mol. The summed E-state index contributed by atoms with van der Waals surface area (Å²) in [5.41, 5.74) is 9.14. The van der Waals surface area contributed by atoms with Gasteiger partial charge in [0.15, 0.2) is 5.82 Å². The molecule has 0 spiro atoms. The number of rotatable bonds is 2. The van der Waals surface area contributed by atoms with Gasteiger partial charge in [0.25, 0.3) is 0 Å². The number of hydrogen-bond acceptors (Lipinski definition) is 4. The Kier molecular flexibility index (Phi) is 2.71. The van der Waals surface area contributed by atoms with Crippen molar-refractivity contribution in [2.75, 3.05) is 18.0 Å². The van der Waals surface area contributed by atoms with Crippen LogP contribution in [0, 0.1) is 12.8 Å². The van der Waals surface area contributed by atoms with Crippen LogP contribution in [0.4, 0.5) is 5.82 Å². The first kappa shape index (κ1) is 12.4. The summed E-state index contributed by atoms with van der Waals surface area (Å²) in [6.45, 7) is 8.09. The summed E-state index contributed by atoms with van der Waals surface area (Å²) >= 11 is 0. The van der Waals surface area contributed by atoms with Gasteiger partial charge in [0.2, 0.25) is 0 Å². The molecule has 2 N–H and O–H groups in total. The average Bonchev–Trinajstić information content (AvgIpc) is 2.34. The summed E-state index contributed by atoms with van der Waals surface area (Å²) in [7, 11) is 0. The molecule has 0 aliphatic carbocycles. The standard InChI is InChI=1S/C15H20N4/c1-10(2)15(16)8-19(9-15)14-11(3)17-12-6-4-5-7-13(12)18-14/h4-7,10H,8-9,16H2,1-3H3. The quantitative estimate of drug-likeness (QED) is 0.894. The molecule has 4 heteroatoms. The Morgan fingerprint density at radius 3 is 2.32 bits per heavy atom. The van der Waals surface area contributed by atoms with Crippen LogP contribution in [0.2, 0.25) is 0 Å². The minimum Gasteiger partial charge on any atom is -0.351 e. The molecule has 2 aromatic rings. The van der Waals surface area contributed by atoms with Crippen molar-refractivity contribution < 1.29 is 0 Å². The van der Waals surface area contributed by atoms with Gasteiger partial charge in [-0.2, -0.15) is 0 Å². The van der Waals surface area contributed by atoms with E-state index >= 15 is 0 Å². The number of hydrogen-bond donors (Lipinski definition) is 1. The van der Waals surface area contributed by atoms with Crippen LogP contribution in [0.15, 0.2) is 24.3 Å². The Morgan fingerprint density at radius 2 is 1.74 bits per heavy atom. The Hall–Kier alpha value is -1.68. The van der Waals surface area contributed by atoms with Gasteiger partial charge in [0.1, 0.15) is 0 Å². The van der Waals surface area contributed by atoms with Crippen LogP contribution in [0.1, 0.15) is 19.5 Å². The van der Waals surface area contributed by atoms with Crippen molar-refractivity contribution >= 4 is 16.9 Å². The molecule has 4 nitrogen and oxygen atoms in total. The van der Waals surface area contributed by atoms with E-state index in [-0.39, 0.29) is 5.54 Å². The van der Waals surface area contributed by atoms with Gasteiger partial charge >= 0.3 is 0 Å². The lowest BCUT2D eigenvalue weighted by Gasteiger charge is -2.51. The normalized spacial score (nSPS) is 17.8. The van der Waals surface area contributed by atoms with Crippen LogP contribution in [-0.2, 0) is 0 Å².